The highest BCUT2D eigenvalue weighted by atomic mass is 19.4. The van der Waals surface area contributed by atoms with E-state index in [1.165, 1.54) is 21.1 Å². The number of methoxy groups -OCH3 is 2. The van der Waals surface area contributed by atoms with Gasteiger partial charge in [0.05, 0.1) is 50.2 Å². The van der Waals surface area contributed by atoms with Gasteiger partial charge in [-0.3, -0.25) is 9.69 Å². The zero-order valence-corrected chi connectivity index (χ0v) is 40.3. The molecular formula is C51H56F5N7O7. The first-order valence-electron chi connectivity index (χ1n) is 23.3. The SMILES string of the molecule is COc1ccc(CN(Cc2ccc(OC)cc2)c2cc(-c3nc4c5c(nc(OCC6(CNC(C)=O)CC6)nc5c3F)N3C[C@H]5CC[C@@H]([C@H]3[C@H](C)O4)N5C(=O)OC(C)(C)C)c(C(F)(F)F)c(C)c2F)cc1. The van der Waals surface area contributed by atoms with Crippen molar-refractivity contribution in [1.29, 1.82) is 0 Å². The number of amides is 2. The molecule has 3 aromatic carbocycles. The number of carbonyl (C=O) groups is 2. The molecule has 14 nitrogen and oxygen atoms in total. The lowest BCUT2D eigenvalue weighted by molar-refractivity contribution is -0.137. The maximum Gasteiger partial charge on any atom is 0.417 e. The van der Waals surface area contributed by atoms with Gasteiger partial charge in [-0.25, -0.2) is 18.6 Å². The van der Waals surface area contributed by atoms with Crippen LogP contribution in [-0.2, 0) is 28.8 Å². The molecule has 2 bridgehead atoms. The number of aromatic nitrogens is 3. The molecule has 3 fully saturated rings. The van der Waals surface area contributed by atoms with Crippen LogP contribution in [0.4, 0.5) is 38.3 Å². The van der Waals surface area contributed by atoms with E-state index < -0.39 is 81.0 Å². The van der Waals surface area contributed by atoms with Crippen LogP contribution in [-0.4, -0.2) is 95.6 Å². The fraction of sp³-hybridized carbons (Fsp3) is 0.471. The van der Waals surface area contributed by atoms with Crippen molar-refractivity contribution in [3.63, 3.8) is 0 Å². The summed E-state index contributed by atoms with van der Waals surface area (Å²) in [5, 5.41) is 2.83. The quantitative estimate of drug-likeness (QED) is 0.112. The van der Waals surface area contributed by atoms with Gasteiger partial charge in [0.25, 0.3) is 0 Å². The predicted molar refractivity (Wildman–Crippen MR) is 250 cm³/mol. The molecule has 0 radical (unpaired) electrons. The van der Waals surface area contributed by atoms with E-state index in [0.29, 0.717) is 42.0 Å². The highest BCUT2D eigenvalue weighted by Crippen LogP contribution is 2.50. The number of alkyl halides is 3. The molecule has 0 spiro atoms. The minimum absolute atomic E-state index is 0.000651. The smallest absolute Gasteiger partial charge is 0.417 e. The summed E-state index contributed by atoms with van der Waals surface area (Å²) in [5.41, 5.74) is -4.24. The summed E-state index contributed by atoms with van der Waals surface area (Å²) < 4.78 is 111. The molecule has 1 aliphatic carbocycles. The molecular weight excluding hydrogens is 918 g/mol. The van der Waals surface area contributed by atoms with Gasteiger partial charge in [0.2, 0.25) is 11.8 Å². The van der Waals surface area contributed by atoms with Crippen molar-refractivity contribution in [1.82, 2.24) is 25.2 Å². The van der Waals surface area contributed by atoms with Gasteiger partial charge in [0, 0.05) is 44.1 Å². The number of rotatable bonds is 13. The lowest BCUT2D eigenvalue weighted by Gasteiger charge is -2.48. The minimum Gasteiger partial charge on any atom is -0.497 e. The first-order chi connectivity index (χ1) is 33.2. The molecule has 372 valence electrons. The fourth-order valence-corrected chi connectivity index (χ4v) is 10.0. The number of halogens is 5. The maximum absolute atomic E-state index is 18.0. The number of ether oxygens (including phenoxy) is 5. The van der Waals surface area contributed by atoms with Crippen LogP contribution in [0, 0.1) is 24.0 Å². The Kier molecular flexibility index (Phi) is 12.6. The van der Waals surface area contributed by atoms with E-state index in [4.69, 9.17) is 28.7 Å². The largest absolute Gasteiger partial charge is 0.497 e. The van der Waals surface area contributed by atoms with Gasteiger partial charge in [-0.15, -0.1) is 0 Å². The zero-order chi connectivity index (χ0) is 50.0. The zero-order valence-electron chi connectivity index (χ0n) is 40.3. The summed E-state index contributed by atoms with van der Waals surface area (Å²) in [5.74, 6) is -1.55. The second kappa shape index (κ2) is 18.3. The van der Waals surface area contributed by atoms with Gasteiger partial charge in [0.15, 0.2) is 5.82 Å². The molecule has 2 amide bonds. The molecule has 3 aliphatic heterocycles. The molecule has 4 aliphatic rings. The lowest BCUT2D eigenvalue weighted by atomic mass is 9.95. The van der Waals surface area contributed by atoms with E-state index in [9.17, 15) is 9.59 Å². The summed E-state index contributed by atoms with van der Waals surface area (Å²) in [6.45, 7) is 10.2. The number of nitrogens with one attached hydrogen (secondary N) is 1. The third kappa shape index (κ3) is 9.38. The monoisotopic (exact) mass is 973 g/mol. The van der Waals surface area contributed by atoms with E-state index in [-0.39, 0.29) is 67.0 Å². The standard InChI is InChI=1S/C51H56F5N7O7/c1-27-39(51(54,55)56)35(21-37(40(27)52)61(22-30-9-14-33(66-7)15-10-30)23-31-11-16-34(67-8)17-12-31)42-41(53)43-38-45(60-47(59-43)68-26-50(19-20-50)25-57-29(3)64)62-24-32-13-18-36(44(62)28(2)69-46(38)58-42)63(32)48(65)70-49(4,5)6/h9-12,14-17,21,28,32,36,44H,13,18-20,22-26H2,1-8H3,(H,57,64)/t28-,32+,36-,44+/m0/s1. The third-order valence-electron chi connectivity index (χ3n) is 13.7. The Hall–Kier alpha value is -6.66. The average molecular weight is 974 g/mol. The summed E-state index contributed by atoms with van der Waals surface area (Å²) in [7, 11) is 3.03. The van der Waals surface area contributed by atoms with Crippen LogP contribution in [0.5, 0.6) is 23.4 Å². The number of hydrogen-bond acceptors (Lipinski definition) is 12. The summed E-state index contributed by atoms with van der Waals surface area (Å²) in [4.78, 5) is 44.9. The van der Waals surface area contributed by atoms with E-state index >= 15 is 22.0 Å². The normalized spacial score (nSPS) is 20.0. The fourth-order valence-electron chi connectivity index (χ4n) is 10.0. The van der Waals surface area contributed by atoms with Crippen molar-refractivity contribution in [3.8, 4) is 34.6 Å². The average Bonchev–Trinajstić information content (AvgIpc) is 4.04. The Morgan fingerprint density at radius 1 is 0.914 bits per heavy atom. The molecule has 1 saturated carbocycles. The predicted octanol–water partition coefficient (Wildman–Crippen LogP) is 9.55. The van der Waals surface area contributed by atoms with Crippen LogP contribution < -0.4 is 34.1 Å². The van der Waals surface area contributed by atoms with Crippen LogP contribution in [0.3, 0.4) is 0 Å². The first kappa shape index (κ1) is 48.4. The number of pyridine rings is 1. The van der Waals surface area contributed by atoms with E-state index in [0.717, 1.165) is 25.8 Å². The van der Waals surface area contributed by atoms with Gasteiger partial charge < -0.3 is 38.8 Å². The number of piperazine rings is 1. The second-order valence-electron chi connectivity index (χ2n) is 19.8. The third-order valence-corrected chi connectivity index (χ3v) is 13.7. The molecule has 0 unspecified atom stereocenters. The Bertz CT molecular complexity index is 2770. The van der Waals surface area contributed by atoms with Gasteiger partial charge in [0.1, 0.15) is 51.4 Å². The molecule has 2 aromatic heterocycles. The number of fused-ring (bicyclic) bond motifs is 5. The van der Waals surface area contributed by atoms with Gasteiger partial charge in [-0.05, 0) is 107 Å². The van der Waals surface area contributed by atoms with Gasteiger partial charge in [-0.1, -0.05) is 24.3 Å². The topological polar surface area (TPSA) is 141 Å². The number of carbonyl (C=O) groups excluding carboxylic acids is 2. The number of benzene rings is 3. The molecule has 4 atom stereocenters. The van der Waals surface area contributed by atoms with Crippen LogP contribution in [0.25, 0.3) is 22.2 Å². The number of hydrogen-bond donors (Lipinski definition) is 1. The summed E-state index contributed by atoms with van der Waals surface area (Å²) >= 11 is 0. The van der Waals surface area contributed by atoms with Gasteiger partial charge in [-0.2, -0.15) is 23.1 Å². The van der Waals surface area contributed by atoms with Crippen LogP contribution in [0.15, 0.2) is 54.6 Å². The lowest BCUT2D eigenvalue weighted by Crippen LogP contribution is -2.65. The van der Waals surface area contributed by atoms with Crippen LogP contribution in [0.1, 0.15) is 82.6 Å². The highest BCUT2D eigenvalue weighted by Gasteiger charge is 2.54. The highest BCUT2D eigenvalue weighted by molar-refractivity contribution is 5.98. The van der Waals surface area contributed by atoms with Crippen molar-refractivity contribution in [2.75, 3.05) is 43.7 Å². The Labute approximate surface area is 402 Å². The Morgan fingerprint density at radius 3 is 2.10 bits per heavy atom. The van der Waals surface area contributed by atoms with Crippen molar-refractivity contribution in [2.45, 2.75) is 116 Å². The Balaban J connectivity index is 1.22. The molecule has 5 aromatic rings. The van der Waals surface area contributed by atoms with E-state index in [2.05, 4.69) is 15.3 Å². The van der Waals surface area contributed by atoms with Crippen molar-refractivity contribution in [2.24, 2.45) is 5.41 Å². The summed E-state index contributed by atoms with van der Waals surface area (Å²) in [6, 6.07) is 13.3. The molecule has 19 heteroatoms. The van der Waals surface area contributed by atoms with Crippen LogP contribution >= 0.6 is 0 Å². The molecule has 70 heavy (non-hydrogen) atoms. The second-order valence-corrected chi connectivity index (χ2v) is 19.8. The number of nitrogens with zero attached hydrogens (tertiary/aromatic N) is 6. The number of anilines is 2. The maximum atomic E-state index is 18.0. The van der Waals surface area contributed by atoms with E-state index in [1.54, 1.807) is 86.0 Å². The van der Waals surface area contributed by atoms with Crippen LogP contribution in [0.2, 0.25) is 0 Å². The van der Waals surface area contributed by atoms with E-state index in [1.807, 2.05) is 4.90 Å². The minimum atomic E-state index is -5.19. The summed E-state index contributed by atoms with van der Waals surface area (Å²) in [6.07, 6.45) is -3.84. The molecule has 2 saturated heterocycles. The van der Waals surface area contributed by atoms with Crippen molar-refractivity contribution in [3.05, 3.63) is 88.5 Å². The molecule has 9 rings (SSSR count). The first-order valence-corrected chi connectivity index (χ1v) is 23.3. The Morgan fingerprint density at radius 2 is 1.54 bits per heavy atom. The molecule has 5 heterocycles. The van der Waals surface area contributed by atoms with Crippen molar-refractivity contribution >= 4 is 34.4 Å². The van der Waals surface area contributed by atoms with Crippen molar-refractivity contribution < 1.29 is 55.2 Å². The van der Waals surface area contributed by atoms with Gasteiger partial charge >= 0.3 is 18.3 Å². The molecule has 1 N–H and O–H groups in total.